The Kier molecular flexibility index (Phi) is 4.36. The fourth-order valence-corrected chi connectivity index (χ4v) is 2.52. The maximum atomic E-state index is 10.8. The Morgan fingerprint density at radius 1 is 0.920 bits per heavy atom. The molecule has 1 atom stereocenters. The molecule has 8 heteroatoms. The van der Waals surface area contributed by atoms with Crippen LogP contribution in [0.5, 0.6) is 0 Å². The lowest BCUT2D eigenvalue weighted by Gasteiger charge is -2.11. The van der Waals surface area contributed by atoms with Crippen molar-refractivity contribution in [2.24, 2.45) is 0 Å². The van der Waals surface area contributed by atoms with E-state index in [-0.39, 0.29) is 17.8 Å². The van der Waals surface area contributed by atoms with Crippen molar-refractivity contribution in [1.82, 2.24) is 4.98 Å². The average molecular weight is 339 g/mol. The van der Waals surface area contributed by atoms with Crippen LogP contribution in [-0.4, -0.2) is 19.9 Å². The number of hydrogen-bond donors (Lipinski definition) is 1. The van der Waals surface area contributed by atoms with Crippen LogP contribution in [0.2, 0.25) is 0 Å². The van der Waals surface area contributed by atoms with Crippen molar-refractivity contribution in [2.45, 2.75) is 12.5 Å². The molecule has 0 aliphatic carbocycles. The third-order valence-electron chi connectivity index (χ3n) is 3.83. The highest BCUT2D eigenvalue weighted by Crippen LogP contribution is 2.23. The van der Waals surface area contributed by atoms with Gasteiger partial charge >= 0.3 is 0 Å². The van der Waals surface area contributed by atoms with Gasteiger partial charge in [-0.1, -0.05) is 6.07 Å². The summed E-state index contributed by atoms with van der Waals surface area (Å²) in [6.07, 6.45) is -0.631. The fraction of sp³-hybridized carbons (Fsp3) is 0.118. The Balaban J connectivity index is 1.80. The zero-order chi connectivity index (χ0) is 18.0. The number of fused-ring (bicyclic) bond motifs is 1. The summed E-state index contributed by atoms with van der Waals surface area (Å²) in [5.74, 6) is 0. The number of nitro groups is 2. The second-order valence-corrected chi connectivity index (χ2v) is 5.51. The van der Waals surface area contributed by atoms with Crippen molar-refractivity contribution < 1.29 is 15.0 Å². The molecule has 0 aliphatic heterocycles. The van der Waals surface area contributed by atoms with Gasteiger partial charge in [-0.2, -0.15) is 0 Å². The first-order valence-electron chi connectivity index (χ1n) is 7.40. The van der Waals surface area contributed by atoms with Gasteiger partial charge in [0.15, 0.2) is 0 Å². The fourth-order valence-electron chi connectivity index (χ4n) is 2.52. The lowest BCUT2D eigenvalue weighted by atomic mass is 10.0. The third kappa shape index (κ3) is 3.59. The third-order valence-corrected chi connectivity index (χ3v) is 3.83. The van der Waals surface area contributed by atoms with Crippen molar-refractivity contribution in [3.05, 3.63) is 86.1 Å². The zero-order valence-electron chi connectivity index (χ0n) is 12.9. The van der Waals surface area contributed by atoms with Crippen LogP contribution >= 0.6 is 0 Å². The molecule has 0 aliphatic rings. The van der Waals surface area contributed by atoms with Crippen LogP contribution in [-0.2, 0) is 6.42 Å². The van der Waals surface area contributed by atoms with Gasteiger partial charge in [0, 0.05) is 41.8 Å². The minimum Gasteiger partial charge on any atom is -0.388 e. The first kappa shape index (κ1) is 16.5. The summed E-state index contributed by atoms with van der Waals surface area (Å²) in [5, 5.41) is 32.4. The maximum absolute atomic E-state index is 10.8. The van der Waals surface area contributed by atoms with E-state index in [9.17, 15) is 25.3 Å². The van der Waals surface area contributed by atoms with E-state index in [1.807, 2.05) is 0 Å². The Morgan fingerprint density at radius 3 is 2.20 bits per heavy atom. The number of benzene rings is 2. The highest BCUT2D eigenvalue weighted by Gasteiger charge is 2.13. The molecule has 2 aromatic carbocycles. The molecule has 3 rings (SSSR count). The summed E-state index contributed by atoms with van der Waals surface area (Å²) in [6.45, 7) is 0. The molecule has 25 heavy (non-hydrogen) atoms. The molecular formula is C17H13N3O5. The van der Waals surface area contributed by atoms with E-state index in [0.717, 1.165) is 0 Å². The van der Waals surface area contributed by atoms with Crippen LogP contribution in [0.4, 0.5) is 11.4 Å². The van der Waals surface area contributed by atoms with Gasteiger partial charge in [0.05, 0.1) is 21.5 Å². The molecule has 126 valence electrons. The minimum atomic E-state index is -0.858. The average Bonchev–Trinajstić information content (AvgIpc) is 2.61. The Bertz CT molecular complexity index is 956. The number of rotatable bonds is 5. The van der Waals surface area contributed by atoms with E-state index in [1.165, 1.54) is 36.4 Å². The summed E-state index contributed by atoms with van der Waals surface area (Å²) >= 11 is 0. The second kappa shape index (κ2) is 6.62. The van der Waals surface area contributed by atoms with E-state index >= 15 is 0 Å². The summed E-state index contributed by atoms with van der Waals surface area (Å²) < 4.78 is 0. The van der Waals surface area contributed by atoms with Crippen LogP contribution in [0.15, 0.2) is 54.6 Å². The molecule has 1 heterocycles. The molecule has 0 saturated carbocycles. The molecule has 0 spiro atoms. The monoisotopic (exact) mass is 339 g/mol. The summed E-state index contributed by atoms with van der Waals surface area (Å²) in [5.41, 5.74) is 1.72. The van der Waals surface area contributed by atoms with E-state index < -0.39 is 16.0 Å². The van der Waals surface area contributed by atoms with Crippen molar-refractivity contribution in [1.29, 1.82) is 0 Å². The Labute approximate surface area is 141 Å². The van der Waals surface area contributed by atoms with E-state index in [2.05, 4.69) is 4.98 Å². The van der Waals surface area contributed by atoms with Crippen LogP contribution in [0.25, 0.3) is 10.9 Å². The summed E-state index contributed by atoms with van der Waals surface area (Å²) in [7, 11) is 0. The van der Waals surface area contributed by atoms with E-state index in [0.29, 0.717) is 22.2 Å². The quantitative estimate of drug-likeness (QED) is 0.562. The van der Waals surface area contributed by atoms with Gasteiger partial charge < -0.3 is 5.11 Å². The van der Waals surface area contributed by atoms with Gasteiger partial charge in [-0.15, -0.1) is 0 Å². The lowest BCUT2D eigenvalue weighted by Crippen LogP contribution is -2.03. The van der Waals surface area contributed by atoms with Gasteiger partial charge in [-0.3, -0.25) is 25.2 Å². The van der Waals surface area contributed by atoms with Gasteiger partial charge in [0.25, 0.3) is 11.4 Å². The van der Waals surface area contributed by atoms with Crippen LogP contribution in [0.1, 0.15) is 17.4 Å². The predicted octanol–water partition coefficient (Wildman–Crippen LogP) is 3.33. The molecule has 3 aromatic rings. The molecule has 0 fully saturated rings. The largest absolute Gasteiger partial charge is 0.388 e. The smallest absolute Gasteiger partial charge is 0.270 e. The number of aliphatic hydroxyl groups is 1. The van der Waals surface area contributed by atoms with Crippen molar-refractivity contribution >= 4 is 22.3 Å². The van der Waals surface area contributed by atoms with Gasteiger partial charge in [-0.05, 0) is 29.8 Å². The highest BCUT2D eigenvalue weighted by molar-refractivity contribution is 5.81. The number of hydrogen-bond acceptors (Lipinski definition) is 6. The topological polar surface area (TPSA) is 119 Å². The maximum Gasteiger partial charge on any atom is 0.270 e. The molecule has 1 aromatic heterocycles. The number of nitro benzene ring substituents is 2. The van der Waals surface area contributed by atoms with Gasteiger partial charge in [-0.25, -0.2) is 0 Å². The number of aromatic nitrogens is 1. The molecule has 1 unspecified atom stereocenters. The van der Waals surface area contributed by atoms with Crippen LogP contribution < -0.4 is 0 Å². The van der Waals surface area contributed by atoms with E-state index in [1.54, 1.807) is 18.2 Å². The van der Waals surface area contributed by atoms with Crippen molar-refractivity contribution in [3.8, 4) is 0 Å². The number of aliphatic hydroxyl groups excluding tert-OH is 1. The van der Waals surface area contributed by atoms with Crippen LogP contribution in [0.3, 0.4) is 0 Å². The Hall–Kier alpha value is -3.39. The van der Waals surface area contributed by atoms with Crippen LogP contribution in [0, 0.1) is 20.2 Å². The predicted molar refractivity (Wildman–Crippen MR) is 90.2 cm³/mol. The lowest BCUT2D eigenvalue weighted by molar-refractivity contribution is -0.385. The zero-order valence-corrected chi connectivity index (χ0v) is 12.9. The van der Waals surface area contributed by atoms with Crippen molar-refractivity contribution in [3.63, 3.8) is 0 Å². The normalized spacial score (nSPS) is 12.0. The molecule has 0 radical (unpaired) electrons. The molecule has 1 N–H and O–H groups in total. The molecule has 0 bridgehead atoms. The molecular weight excluding hydrogens is 326 g/mol. The number of non-ortho nitro benzene ring substituents is 2. The van der Waals surface area contributed by atoms with Gasteiger partial charge in [0.2, 0.25) is 0 Å². The molecule has 0 amide bonds. The van der Waals surface area contributed by atoms with E-state index in [4.69, 9.17) is 0 Å². The summed E-state index contributed by atoms with van der Waals surface area (Å²) in [4.78, 5) is 24.9. The molecule has 8 nitrogen and oxygen atoms in total. The van der Waals surface area contributed by atoms with Crippen molar-refractivity contribution in [2.75, 3.05) is 0 Å². The first-order chi connectivity index (χ1) is 11.9. The van der Waals surface area contributed by atoms with Gasteiger partial charge in [0.1, 0.15) is 0 Å². The number of pyridine rings is 1. The SMILES string of the molecule is O=[N+]([O-])c1ccc(C(O)Cc2ccc3cc([N+](=O)[O-])ccc3n2)cc1. The summed E-state index contributed by atoms with van der Waals surface area (Å²) in [6, 6.07) is 13.5. The molecule has 0 saturated heterocycles. The number of nitrogens with zero attached hydrogens (tertiary/aromatic N) is 3. The first-order valence-corrected chi connectivity index (χ1v) is 7.40. The minimum absolute atomic E-state index is 0.00651. The highest BCUT2D eigenvalue weighted by atomic mass is 16.6. The standard InChI is InChI=1S/C17H13N3O5/c21-17(11-2-5-14(6-3-11)19(22)23)10-13-4-1-12-9-15(20(24)25)7-8-16(12)18-13/h1-9,17,21H,10H2. The Morgan fingerprint density at radius 2 is 1.56 bits per heavy atom. The second-order valence-electron chi connectivity index (χ2n) is 5.51.